The van der Waals surface area contributed by atoms with Crippen molar-refractivity contribution in [3.63, 3.8) is 0 Å². The molecule has 0 fully saturated rings. The Bertz CT molecular complexity index is 510. The van der Waals surface area contributed by atoms with Crippen LogP contribution in [0.25, 0.3) is 0 Å². The minimum Gasteiger partial charge on any atom is -0.493 e. The molecular weight excluding hydrogens is 240 g/mol. The van der Waals surface area contributed by atoms with Gasteiger partial charge in [0, 0.05) is 0 Å². The van der Waals surface area contributed by atoms with Gasteiger partial charge in [-0.25, -0.2) is 0 Å². The van der Waals surface area contributed by atoms with E-state index < -0.39 is 0 Å². The molecule has 0 bridgehead atoms. The lowest BCUT2D eigenvalue weighted by Gasteiger charge is -2.14. The molecule has 2 aromatic rings. The molecule has 2 aromatic carbocycles. The Morgan fingerprint density at radius 1 is 0.842 bits per heavy atom. The standard InChI is InChI=1S/C16H18O3/c1-12-7-9-13(10-8-12)11-19-16-14(17-2)5-4-6-15(16)18-3/h4-10H,11H2,1-3H3. The van der Waals surface area contributed by atoms with Crippen LogP contribution in [-0.2, 0) is 6.61 Å². The van der Waals surface area contributed by atoms with Crippen LogP contribution >= 0.6 is 0 Å². The molecule has 3 nitrogen and oxygen atoms in total. The smallest absolute Gasteiger partial charge is 0.203 e. The lowest BCUT2D eigenvalue weighted by molar-refractivity contribution is 0.266. The van der Waals surface area contributed by atoms with Crippen molar-refractivity contribution < 1.29 is 14.2 Å². The largest absolute Gasteiger partial charge is 0.493 e. The number of ether oxygens (including phenoxy) is 3. The van der Waals surface area contributed by atoms with Gasteiger partial charge in [0.25, 0.3) is 0 Å². The van der Waals surface area contributed by atoms with Crippen molar-refractivity contribution in [1.29, 1.82) is 0 Å². The molecule has 0 saturated heterocycles. The fraction of sp³-hybridized carbons (Fsp3) is 0.250. The lowest BCUT2D eigenvalue weighted by Crippen LogP contribution is -2.00. The monoisotopic (exact) mass is 258 g/mol. The minimum atomic E-state index is 0.483. The van der Waals surface area contributed by atoms with Crippen LogP contribution in [0, 0.1) is 6.92 Å². The van der Waals surface area contributed by atoms with E-state index in [9.17, 15) is 0 Å². The van der Waals surface area contributed by atoms with Crippen LogP contribution in [0.2, 0.25) is 0 Å². The fourth-order valence-corrected chi connectivity index (χ4v) is 1.80. The first-order valence-electron chi connectivity index (χ1n) is 6.14. The second-order valence-corrected chi connectivity index (χ2v) is 4.27. The van der Waals surface area contributed by atoms with Crippen LogP contribution in [0.5, 0.6) is 17.2 Å². The molecule has 0 saturated carbocycles. The third-order valence-electron chi connectivity index (χ3n) is 2.89. The summed E-state index contributed by atoms with van der Waals surface area (Å²) < 4.78 is 16.4. The highest BCUT2D eigenvalue weighted by Crippen LogP contribution is 2.37. The molecular formula is C16H18O3. The normalized spacial score (nSPS) is 10.1. The topological polar surface area (TPSA) is 27.7 Å². The van der Waals surface area contributed by atoms with Gasteiger partial charge < -0.3 is 14.2 Å². The molecule has 0 aromatic heterocycles. The average Bonchev–Trinajstić information content (AvgIpc) is 2.46. The average molecular weight is 258 g/mol. The van der Waals surface area contributed by atoms with Gasteiger partial charge in [0.2, 0.25) is 5.75 Å². The van der Waals surface area contributed by atoms with Gasteiger partial charge in [-0.05, 0) is 24.6 Å². The Hall–Kier alpha value is -2.16. The highest BCUT2D eigenvalue weighted by atomic mass is 16.5. The van der Waals surface area contributed by atoms with Crippen LogP contribution in [0.1, 0.15) is 11.1 Å². The van der Waals surface area contributed by atoms with E-state index in [2.05, 4.69) is 31.2 Å². The summed E-state index contributed by atoms with van der Waals surface area (Å²) in [6.07, 6.45) is 0. The first-order valence-corrected chi connectivity index (χ1v) is 6.14. The quantitative estimate of drug-likeness (QED) is 0.820. The van der Waals surface area contributed by atoms with Gasteiger partial charge in [0.1, 0.15) is 6.61 Å². The lowest BCUT2D eigenvalue weighted by atomic mass is 10.2. The molecule has 0 N–H and O–H groups in total. The minimum absolute atomic E-state index is 0.483. The SMILES string of the molecule is COc1cccc(OC)c1OCc1ccc(C)cc1. The van der Waals surface area contributed by atoms with Gasteiger partial charge >= 0.3 is 0 Å². The molecule has 19 heavy (non-hydrogen) atoms. The van der Waals surface area contributed by atoms with Crippen molar-refractivity contribution in [2.24, 2.45) is 0 Å². The van der Waals surface area contributed by atoms with Crippen LogP contribution < -0.4 is 14.2 Å². The van der Waals surface area contributed by atoms with Gasteiger partial charge in [0.05, 0.1) is 14.2 Å². The molecule has 3 heteroatoms. The van der Waals surface area contributed by atoms with Gasteiger partial charge in [-0.15, -0.1) is 0 Å². The Kier molecular flexibility index (Phi) is 4.29. The third kappa shape index (κ3) is 3.19. The van der Waals surface area contributed by atoms with Crippen LogP contribution in [0.3, 0.4) is 0 Å². The number of methoxy groups -OCH3 is 2. The van der Waals surface area contributed by atoms with Crippen LogP contribution in [0.4, 0.5) is 0 Å². The molecule has 0 aliphatic carbocycles. The first-order chi connectivity index (χ1) is 9.24. The van der Waals surface area contributed by atoms with E-state index in [-0.39, 0.29) is 0 Å². The van der Waals surface area contributed by atoms with E-state index in [1.165, 1.54) is 5.56 Å². The molecule has 2 rings (SSSR count). The van der Waals surface area contributed by atoms with Gasteiger partial charge in [-0.3, -0.25) is 0 Å². The van der Waals surface area contributed by atoms with Crippen LogP contribution in [0.15, 0.2) is 42.5 Å². The molecule has 0 radical (unpaired) electrons. The van der Waals surface area contributed by atoms with Crippen molar-refractivity contribution in [2.75, 3.05) is 14.2 Å². The molecule has 0 aliphatic heterocycles. The summed E-state index contributed by atoms with van der Waals surface area (Å²) in [5.74, 6) is 1.98. The zero-order chi connectivity index (χ0) is 13.7. The second kappa shape index (κ2) is 6.14. The second-order valence-electron chi connectivity index (χ2n) is 4.27. The fourth-order valence-electron chi connectivity index (χ4n) is 1.80. The molecule has 0 atom stereocenters. The number of benzene rings is 2. The summed E-state index contributed by atoms with van der Waals surface area (Å²) in [6, 6.07) is 13.8. The Labute approximate surface area is 113 Å². The van der Waals surface area contributed by atoms with E-state index in [0.29, 0.717) is 23.9 Å². The van der Waals surface area contributed by atoms with Crippen molar-refractivity contribution >= 4 is 0 Å². The third-order valence-corrected chi connectivity index (χ3v) is 2.89. The Morgan fingerprint density at radius 2 is 1.42 bits per heavy atom. The molecule has 0 heterocycles. The number of hydrogen-bond acceptors (Lipinski definition) is 3. The highest BCUT2D eigenvalue weighted by molar-refractivity contribution is 5.51. The van der Waals surface area contributed by atoms with E-state index in [4.69, 9.17) is 14.2 Å². The molecule has 0 unspecified atom stereocenters. The maximum Gasteiger partial charge on any atom is 0.203 e. The summed E-state index contributed by atoms with van der Waals surface area (Å²) in [5, 5.41) is 0. The van der Waals surface area contributed by atoms with Gasteiger partial charge in [0.15, 0.2) is 11.5 Å². The number of para-hydroxylation sites is 1. The number of rotatable bonds is 5. The summed E-state index contributed by atoms with van der Waals surface area (Å²) in [5.41, 5.74) is 2.34. The first kappa shape index (κ1) is 13.3. The highest BCUT2D eigenvalue weighted by Gasteiger charge is 2.11. The van der Waals surface area contributed by atoms with Crippen molar-refractivity contribution in [3.8, 4) is 17.2 Å². The summed E-state index contributed by atoms with van der Waals surface area (Å²) in [4.78, 5) is 0. The van der Waals surface area contributed by atoms with E-state index in [1.54, 1.807) is 14.2 Å². The Morgan fingerprint density at radius 3 is 1.95 bits per heavy atom. The summed E-state index contributed by atoms with van der Waals surface area (Å²) >= 11 is 0. The predicted octanol–water partition coefficient (Wildman–Crippen LogP) is 3.59. The Balaban J connectivity index is 2.16. The predicted molar refractivity (Wildman–Crippen MR) is 75.1 cm³/mol. The molecule has 0 spiro atoms. The van der Waals surface area contributed by atoms with E-state index in [1.807, 2.05) is 18.2 Å². The van der Waals surface area contributed by atoms with Gasteiger partial charge in [-0.1, -0.05) is 35.9 Å². The maximum atomic E-state index is 5.83. The molecule has 0 amide bonds. The molecule has 0 aliphatic rings. The zero-order valence-electron chi connectivity index (χ0n) is 11.5. The zero-order valence-corrected chi connectivity index (χ0v) is 11.5. The van der Waals surface area contributed by atoms with E-state index in [0.717, 1.165) is 5.56 Å². The summed E-state index contributed by atoms with van der Waals surface area (Å²) in [6.45, 7) is 2.55. The van der Waals surface area contributed by atoms with Crippen molar-refractivity contribution in [3.05, 3.63) is 53.6 Å². The number of hydrogen-bond donors (Lipinski definition) is 0. The molecule has 100 valence electrons. The van der Waals surface area contributed by atoms with E-state index >= 15 is 0 Å². The summed E-state index contributed by atoms with van der Waals surface area (Å²) in [7, 11) is 3.24. The van der Waals surface area contributed by atoms with Crippen LogP contribution in [-0.4, -0.2) is 14.2 Å². The van der Waals surface area contributed by atoms with Crippen molar-refractivity contribution in [1.82, 2.24) is 0 Å². The number of aryl methyl sites for hydroxylation is 1. The van der Waals surface area contributed by atoms with Crippen molar-refractivity contribution in [2.45, 2.75) is 13.5 Å². The maximum absolute atomic E-state index is 5.83. The van der Waals surface area contributed by atoms with Gasteiger partial charge in [-0.2, -0.15) is 0 Å².